The molecule has 0 unspecified atom stereocenters. The van der Waals surface area contributed by atoms with Gasteiger partial charge in [-0.1, -0.05) is 12.1 Å². The minimum absolute atomic E-state index is 0.124. The first kappa shape index (κ1) is 26.0. The van der Waals surface area contributed by atoms with Crippen LogP contribution in [0.25, 0.3) is 0 Å². The fourth-order valence-electron chi connectivity index (χ4n) is 4.38. The van der Waals surface area contributed by atoms with Crippen molar-refractivity contribution in [2.75, 3.05) is 27.4 Å². The summed E-state index contributed by atoms with van der Waals surface area (Å²) in [5.41, 5.74) is 2.29. The molecule has 0 radical (unpaired) electrons. The predicted molar refractivity (Wildman–Crippen MR) is 140 cm³/mol. The fourth-order valence-corrected chi connectivity index (χ4v) is 4.38. The number of aromatic nitrogens is 1. The van der Waals surface area contributed by atoms with Crippen molar-refractivity contribution >= 4 is 11.8 Å². The third kappa shape index (κ3) is 6.78. The number of nitrogens with one attached hydrogen (secondary N) is 1. The van der Waals surface area contributed by atoms with Crippen LogP contribution in [0.4, 0.5) is 0 Å². The van der Waals surface area contributed by atoms with Gasteiger partial charge in [0.2, 0.25) is 5.91 Å². The van der Waals surface area contributed by atoms with Crippen molar-refractivity contribution in [3.05, 3.63) is 83.7 Å². The molecule has 1 N–H and O–H groups in total. The molecule has 0 spiro atoms. The highest BCUT2D eigenvalue weighted by molar-refractivity contribution is 5.97. The van der Waals surface area contributed by atoms with Crippen LogP contribution in [-0.2, 0) is 17.8 Å². The van der Waals surface area contributed by atoms with Gasteiger partial charge in [0, 0.05) is 37.0 Å². The van der Waals surface area contributed by atoms with Gasteiger partial charge in [-0.25, -0.2) is 0 Å². The number of pyridine rings is 1. The largest absolute Gasteiger partial charge is 0.497 e. The lowest BCUT2D eigenvalue weighted by Crippen LogP contribution is -2.48. The molecule has 0 saturated carbocycles. The zero-order valence-corrected chi connectivity index (χ0v) is 21.3. The number of carbonyl (C=O) groups excluding carboxylic acids is 2. The van der Waals surface area contributed by atoms with E-state index in [1.54, 1.807) is 49.6 Å². The lowest BCUT2D eigenvalue weighted by Gasteiger charge is -2.30. The summed E-state index contributed by atoms with van der Waals surface area (Å²) >= 11 is 0. The van der Waals surface area contributed by atoms with Crippen LogP contribution >= 0.6 is 0 Å². The Balaban J connectivity index is 1.53. The van der Waals surface area contributed by atoms with Crippen LogP contribution in [0.15, 0.2) is 66.9 Å². The molecule has 1 saturated heterocycles. The normalized spacial score (nSPS) is 15.3. The van der Waals surface area contributed by atoms with Gasteiger partial charge in [0.25, 0.3) is 5.91 Å². The second-order valence-electron chi connectivity index (χ2n) is 8.87. The number of nitrogens with zero attached hydrogens (tertiary/aromatic N) is 2. The Kier molecular flexibility index (Phi) is 8.97. The molecule has 1 aliphatic heterocycles. The topological polar surface area (TPSA) is 90.0 Å². The van der Waals surface area contributed by atoms with Gasteiger partial charge in [0.15, 0.2) is 11.5 Å². The molecule has 37 heavy (non-hydrogen) atoms. The smallest absolute Gasteiger partial charge is 0.254 e. The summed E-state index contributed by atoms with van der Waals surface area (Å²) in [4.78, 5) is 32.5. The lowest BCUT2D eigenvalue weighted by molar-refractivity contribution is -0.125. The van der Waals surface area contributed by atoms with Crippen LogP contribution in [0.5, 0.6) is 17.2 Å². The maximum atomic E-state index is 13.6. The van der Waals surface area contributed by atoms with Gasteiger partial charge in [-0.15, -0.1) is 0 Å². The van der Waals surface area contributed by atoms with Gasteiger partial charge in [-0.3, -0.25) is 14.6 Å². The third-order valence-electron chi connectivity index (χ3n) is 6.40. The second kappa shape index (κ2) is 12.8. The molecule has 2 heterocycles. The van der Waals surface area contributed by atoms with Gasteiger partial charge >= 0.3 is 0 Å². The summed E-state index contributed by atoms with van der Waals surface area (Å²) in [6.45, 7) is 1.34. The molecule has 1 aliphatic rings. The van der Waals surface area contributed by atoms with Crippen molar-refractivity contribution in [3.63, 3.8) is 0 Å². The van der Waals surface area contributed by atoms with E-state index in [0.717, 1.165) is 24.1 Å². The quantitative estimate of drug-likeness (QED) is 0.449. The van der Waals surface area contributed by atoms with Crippen molar-refractivity contribution in [1.82, 2.24) is 15.2 Å². The van der Waals surface area contributed by atoms with Crippen LogP contribution in [0, 0.1) is 0 Å². The van der Waals surface area contributed by atoms with E-state index >= 15 is 0 Å². The van der Waals surface area contributed by atoms with E-state index in [2.05, 4.69) is 10.3 Å². The minimum Gasteiger partial charge on any atom is -0.497 e. The summed E-state index contributed by atoms with van der Waals surface area (Å²) in [6.07, 6.45) is 4.80. The molecule has 194 valence electrons. The summed E-state index contributed by atoms with van der Waals surface area (Å²) in [7, 11) is 3.17. The van der Waals surface area contributed by atoms with E-state index in [0.29, 0.717) is 48.8 Å². The molecular weight excluding hydrogens is 470 g/mol. The van der Waals surface area contributed by atoms with E-state index in [4.69, 9.17) is 14.2 Å². The van der Waals surface area contributed by atoms with Gasteiger partial charge in [0.05, 0.1) is 20.8 Å². The van der Waals surface area contributed by atoms with Gasteiger partial charge in [-0.2, -0.15) is 0 Å². The van der Waals surface area contributed by atoms with E-state index in [9.17, 15) is 9.59 Å². The first-order valence-electron chi connectivity index (χ1n) is 12.5. The summed E-state index contributed by atoms with van der Waals surface area (Å²) in [6, 6.07) is 17.8. The molecule has 0 aliphatic carbocycles. The van der Waals surface area contributed by atoms with Crippen molar-refractivity contribution in [2.45, 2.75) is 38.3 Å². The molecule has 3 aromatic rings. The minimum atomic E-state index is -0.558. The van der Waals surface area contributed by atoms with E-state index in [-0.39, 0.29) is 18.4 Å². The van der Waals surface area contributed by atoms with Crippen molar-refractivity contribution in [3.8, 4) is 17.2 Å². The van der Waals surface area contributed by atoms with Gasteiger partial charge in [0.1, 0.15) is 11.8 Å². The zero-order valence-electron chi connectivity index (χ0n) is 21.3. The Labute approximate surface area is 217 Å². The molecule has 0 bridgehead atoms. The standard InChI is InChI=1S/C29H33N3O5/c1-35-24-12-10-22(11-13-24)29(34)32(25-8-4-6-17-31-28(25)33)20-21-9-14-26(27(19-21)36-2)37-18-15-23-7-3-5-16-30-23/h3,5,7,9-14,16,19,25H,4,6,8,15,17-18,20H2,1-2H3,(H,31,33)/t25-/m0/s1. The molecule has 1 aromatic heterocycles. The molecule has 1 atom stereocenters. The van der Waals surface area contributed by atoms with Crippen molar-refractivity contribution in [1.29, 1.82) is 0 Å². The second-order valence-corrected chi connectivity index (χ2v) is 8.87. The first-order valence-corrected chi connectivity index (χ1v) is 12.5. The molecular formula is C29H33N3O5. The average molecular weight is 504 g/mol. The number of ether oxygens (including phenoxy) is 3. The molecule has 2 amide bonds. The molecule has 8 heteroatoms. The zero-order chi connectivity index (χ0) is 26.0. The van der Waals surface area contributed by atoms with Gasteiger partial charge < -0.3 is 24.4 Å². The van der Waals surface area contributed by atoms with Crippen molar-refractivity contribution < 1.29 is 23.8 Å². The number of benzene rings is 2. The Bertz CT molecular complexity index is 1180. The van der Waals surface area contributed by atoms with Crippen LogP contribution in [0.1, 0.15) is 40.9 Å². The molecule has 8 nitrogen and oxygen atoms in total. The number of methoxy groups -OCH3 is 2. The first-order chi connectivity index (χ1) is 18.1. The summed E-state index contributed by atoms with van der Waals surface area (Å²) < 4.78 is 16.8. The number of hydrogen-bond donors (Lipinski definition) is 1. The highest BCUT2D eigenvalue weighted by Gasteiger charge is 2.31. The Morgan fingerprint density at radius 1 is 1.03 bits per heavy atom. The number of amides is 2. The SMILES string of the molecule is COc1ccc(C(=O)N(Cc2ccc(OCCc3ccccn3)c(OC)c2)[C@H]2CCCCNC2=O)cc1. The van der Waals surface area contributed by atoms with Crippen LogP contribution in [-0.4, -0.2) is 55.1 Å². The highest BCUT2D eigenvalue weighted by Crippen LogP contribution is 2.30. The molecule has 4 rings (SSSR count). The Morgan fingerprint density at radius 2 is 1.86 bits per heavy atom. The third-order valence-corrected chi connectivity index (χ3v) is 6.40. The Morgan fingerprint density at radius 3 is 2.59 bits per heavy atom. The van der Waals surface area contributed by atoms with Gasteiger partial charge in [-0.05, 0) is 73.4 Å². The number of rotatable bonds is 10. The van der Waals surface area contributed by atoms with E-state index in [1.165, 1.54) is 0 Å². The average Bonchev–Trinajstić information content (AvgIpc) is 3.16. The summed E-state index contributed by atoms with van der Waals surface area (Å²) in [5, 5.41) is 2.95. The number of carbonyl (C=O) groups is 2. The summed E-state index contributed by atoms with van der Waals surface area (Å²) in [5.74, 6) is 1.52. The highest BCUT2D eigenvalue weighted by atomic mass is 16.5. The maximum absolute atomic E-state index is 13.6. The van der Waals surface area contributed by atoms with E-state index in [1.807, 2.05) is 36.4 Å². The van der Waals surface area contributed by atoms with Crippen LogP contribution in [0.3, 0.4) is 0 Å². The fraction of sp³-hybridized carbons (Fsp3) is 0.345. The Hall–Kier alpha value is -4.07. The maximum Gasteiger partial charge on any atom is 0.254 e. The van der Waals surface area contributed by atoms with Crippen molar-refractivity contribution in [2.24, 2.45) is 0 Å². The molecule has 2 aromatic carbocycles. The predicted octanol–water partition coefficient (Wildman–Crippen LogP) is 4.03. The lowest BCUT2D eigenvalue weighted by atomic mass is 10.0. The van der Waals surface area contributed by atoms with E-state index < -0.39 is 6.04 Å². The molecule has 1 fully saturated rings. The van der Waals surface area contributed by atoms with Crippen LogP contribution in [0.2, 0.25) is 0 Å². The number of hydrogen-bond acceptors (Lipinski definition) is 6. The monoisotopic (exact) mass is 503 g/mol. The van der Waals surface area contributed by atoms with Crippen LogP contribution < -0.4 is 19.5 Å².